The van der Waals surface area contributed by atoms with Crippen molar-refractivity contribution in [1.82, 2.24) is 19.6 Å². The minimum absolute atomic E-state index is 0.159. The average Bonchev–Trinajstić information content (AvgIpc) is 3.41. The number of carbonyl (C=O) groups excluding carboxylic acids is 1. The highest BCUT2D eigenvalue weighted by atomic mass is 16.5. The smallest absolute Gasteiger partial charge is 0.254 e. The first kappa shape index (κ1) is 18.3. The van der Waals surface area contributed by atoms with Crippen molar-refractivity contribution in [2.24, 2.45) is 5.73 Å². The predicted molar refractivity (Wildman–Crippen MR) is 104 cm³/mol. The molecule has 0 saturated heterocycles. The maximum absolute atomic E-state index is 11.8. The quantitative estimate of drug-likeness (QED) is 0.487. The predicted octanol–water partition coefficient (Wildman–Crippen LogP) is 2.11. The lowest BCUT2D eigenvalue weighted by Gasteiger charge is -2.11. The third kappa shape index (κ3) is 3.43. The van der Waals surface area contributed by atoms with Crippen LogP contribution in [-0.2, 0) is 6.54 Å². The van der Waals surface area contributed by atoms with Gasteiger partial charge in [-0.05, 0) is 29.8 Å². The molecule has 0 aliphatic rings. The number of hydrogen-bond donors (Lipinski definition) is 2. The maximum Gasteiger partial charge on any atom is 0.254 e. The molecule has 148 valence electrons. The number of ether oxygens (including phenoxy) is 2. The first-order valence-electron chi connectivity index (χ1n) is 8.65. The first-order chi connectivity index (χ1) is 14.1. The van der Waals surface area contributed by atoms with E-state index in [4.69, 9.17) is 19.6 Å². The summed E-state index contributed by atoms with van der Waals surface area (Å²) in [6.45, 7) is 0.425. The van der Waals surface area contributed by atoms with Crippen LogP contribution in [0.4, 0.5) is 5.95 Å². The number of rotatable bonds is 7. The summed E-state index contributed by atoms with van der Waals surface area (Å²) in [5.41, 5.74) is 6.83. The van der Waals surface area contributed by atoms with Crippen molar-refractivity contribution in [3.8, 4) is 23.1 Å². The molecule has 3 heterocycles. The molecule has 29 heavy (non-hydrogen) atoms. The SMILES string of the molecule is COc1ccc(CNc2ncc(C(N)=O)c3nc(-c4ccco4)nn23)cc1OC. The summed E-state index contributed by atoms with van der Waals surface area (Å²) < 4.78 is 17.4. The van der Waals surface area contributed by atoms with Gasteiger partial charge in [-0.15, -0.1) is 5.10 Å². The van der Waals surface area contributed by atoms with Gasteiger partial charge in [0, 0.05) is 12.7 Å². The minimum Gasteiger partial charge on any atom is -0.493 e. The summed E-state index contributed by atoms with van der Waals surface area (Å²) in [6, 6.07) is 9.03. The average molecular weight is 394 g/mol. The summed E-state index contributed by atoms with van der Waals surface area (Å²) in [5.74, 6) is 1.80. The fraction of sp³-hybridized carbons (Fsp3) is 0.158. The number of hydrogen-bond acceptors (Lipinski definition) is 8. The Kier molecular flexibility index (Phi) is 4.73. The molecule has 0 bridgehead atoms. The molecule has 0 atom stereocenters. The van der Waals surface area contributed by atoms with Gasteiger partial charge in [-0.3, -0.25) is 4.79 Å². The summed E-state index contributed by atoms with van der Waals surface area (Å²) in [4.78, 5) is 20.4. The zero-order valence-electron chi connectivity index (χ0n) is 15.7. The summed E-state index contributed by atoms with van der Waals surface area (Å²) in [5, 5.41) is 7.59. The van der Waals surface area contributed by atoms with Gasteiger partial charge < -0.3 is 24.9 Å². The minimum atomic E-state index is -0.646. The highest BCUT2D eigenvalue weighted by Crippen LogP contribution is 2.28. The van der Waals surface area contributed by atoms with Gasteiger partial charge in [0.1, 0.15) is 5.56 Å². The van der Waals surface area contributed by atoms with Crippen LogP contribution < -0.4 is 20.5 Å². The van der Waals surface area contributed by atoms with Crippen LogP contribution in [0, 0.1) is 0 Å². The Balaban J connectivity index is 1.69. The number of fused-ring (bicyclic) bond motifs is 1. The van der Waals surface area contributed by atoms with Crippen molar-refractivity contribution < 1.29 is 18.7 Å². The number of amides is 1. The molecular weight excluding hydrogens is 376 g/mol. The van der Waals surface area contributed by atoms with Crippen LogP contribution in [0.15, 0.2) is 47.2 Å². The molecule has 0 saturated carbocycles. The van der Waals surface area contributed by atoms with Crippen molar-refractivity contribution in [2.75, 3.05) is 19.5 Å². The fourth-order valence-corrected chi connectivity index (χ4v) is 2.85. The number of nitrogens with zero attached hydrogens (tertiary/aromatic N) is 4. The van der Waals surface area contributed by atoms with Gasteiger partial charge in [0.15, 0.2) is 22.9 Å². The zero-order chi connectivity index (χ0) is 20.4. The third-order valence-corrected chi connectivity index (χ3v) is 4.27. The Bertz CT molecular complexity index is 1170. The van der Waals surface area contributed by atoms with Gasteiger partial charge in [0.2, 0.25) is 11.8 Å². The molecule has 4 aromatic rings. The molecular formula is C19H18N6O4. The fourth-order valence-electron chi connectivity index (χ4n) is 2.85. The lowest BCUT2D eigenvalue weighted by molar-refractivity contribution is 0.100. The molecule has 0 spiro atoms. The molecule has 10 heteroatoms. The molecule has 4 rings (SSSR count). The molecule has 3 aromatic heterocycles. The number of nitrogens with one attached hydrogen (secondary N) is 1. The van der Waals surface area contributed by atoms with E-state index in [1.54, 1.807) is 26.4 Å². The number of methoxy groups -OCH3 is 2. The Morgan fingerprint density at radius 1 is 1.24 bits per heavy atom. The Morgan fingerprint density at radius 2 is 2.07 bits per heavy atom. The van der Waals surface area contributed by atoms with Crippen LogP contribution in [0.25, 0.3) is 17.2 Å². The van der Waals surface area contributed by atoms with Crippen molar-refractivity contribution in [1.29, 1.82) is 0 Å². The molecule has 0 aliphatic heterocycles. The van der Waals surface area contributed by atoms with Crippen LogP contribution in [0.3, 0.4) is 0 Å². The Labute approximate surface area is 165 Å². The van der Waals surface area contributed by atoms with Gasteiger partial charge >= 0.3 is 0 Å². The number of benzene rings is 1. The van der Waals surface area contributed by atoms with E-state index in [9.17, 15) is 4.79 Å². The van der Waals surface area contributed by atoms with E-state index in [1.165, 1.54) is 17.0 Å². The first-order valence-corrected chi connectivity index (χ1v) is 8.65. The number of primary amides is 1. The standard InChI is InChI=1S/C19H18N6O4/c1-27-13-6-5-11(8-15(13)28-2)9-21-19-22-10-12(16(20)26)18-23-17(24-25(18)19)14-4-3-7-29-14/h3-8,10H,9H2,1-2H3,(H2,20,26)(H,21,22). The summed E-state index contributed by atoms with van der Waals surface area (Å²) in [6.07, 6.45) is 2.89. The summed E-state index contributed by atoms with van der Waals surface area (Å²) >= 11 is 0. The van der Waals surface area contributed by atoms with Crippen LogP contribution in [0.1, 0.15) is 15.9 Å². The lowest BCUT2D eigenvalue weighted by atomic mass is 10.2. The largest absolute Gasteiger partial charge is 0.493 e. The van der Waals surface area contributed by atoms with E-state index in [0.29, 0.717) is 35.6 Å². The second-order valence-electron chi connectivity index (χ2n) is 6.05. The van der Waals surface area contributed by atoms with Crippen LogP contribution >= 0.6 is 0 Å². The molecule has 0 fully saturated rings. The van der Waals surface area contributed by atoms with Crippen LogP contribution in [-0.4, -0.2) is 39.7 Å². The van der Waals surface area contributed by atoms with Crippen LogP contribution in [0.5, 0.6) is 11.5 Å². The monoisotopic (exact) mass is 394 g/mol. The molecule has 0 unspecified atom stereocenters. The molecule has 0 radical (unpaired) electrons. The van der Waals surface area contributed by atoms with Crippen molar-refractivity contribution >= 4 is 17.5 Å². The third-order valence-electron chi connectivity index (χ3n) is 4.27. The highest BCUT2D eigenvalue weighted by Gasteiger charge is 2.18. The van der Waals surface area contributed by atoms with Crippen molar-refractivity contribution in [2.45, 2.75) is 6.54 Å². The van der Waals surface area contributed by atoms with Gasteiger partial charge in [0.25, 0.3) is 5.91 Å². The van der Waals surface area contributed by atoms with Crippen LogP contribution in [0.2, 0.25) is 0 Å². The van der Waals surface area contributed by atoms with E-state index in [-0.39, 0.29) is 11.2 Å². The molecule has 3 N–H and O–H groups in total. The molecule has 10 nitrogen and oxygen atoms in total. The second kappa shape index (κ2) is 7.50. The number of nitrogens with two attached hydrogens (primary N) is 1. The van der Waals surface area contributed by atoms with Crippen molar-refractivity contribution in [3.05, 3.63) is 53.9 Å². The number of aromatic nitrogens is 4. The van der Waals surface area contributed by atoms with Gasteiger partial charge in [-0.2, -0.15) is 4.52 Å². The number of carbonyl (C=O) groups is 1. The second-order valence-corrected chi connectivity index (χ2v) is 6.05. The lowest BCUT2D eigenvalue weighted by Crippen LogP contribution is -2.16. The van der Waals surface area contributed by atoms with E-state index >= 15 is 0 Å². The number of anilines is 1. The zero-order valence-corrected chi connectivity index (χ0v) is 15.7. The van der Waals surface area contributed by atoms with Gasteiger partial charge in [-0.1, -0.05) is 6.07 Å². The molecule has 0 aliphatic carbocycles. The Morgan fingerprint density at radius 3 is 2.76 bits per heavy atom. The Hall–Kier alpha value is -4.08. The normalized spacial score (nSPS) is 10.8. The molecule has 1 amide bonds. The number of furan rings is 1. The van der Waals surface area contributed by atoms with E-state index < -0.39 is 5.91 Å². The maximum atomic E-state index is 11.8. The highest BCUT2D eigenvalue weighted by molar-refractivity contribution is 5.98. The van der Waals surface area contributed by atoms with Crippen molar-refractivity contribution in [3.63, 3.8) is 0 Å². The van der Waals surface area contributed by atoms with Gasteiger partial charge in [-0.25, -0.2) is 9.97 Å². The van der Waals surface area contributed by atoms with Gasteiger partial charge in [0.05, 0.1) is 20.5 Å². The topological polar surface area (TPSA) is 130 Å². The van der Waals surface area contributed by atoms with E-state index in [2.05, 4.69) is 20.4 Å². The molecule has 1 aromatic carbocycles. The van der Waals surface area contributed by atoms with E-state index in [0.717, 1.165) is 5.56 Å². The van der Waals surface area contributed by atoms with E-state index in [1.807, 2.05) is 18.2 Å². The summed E-state index contributed by atoms with van der Waals surface area (Å²) in [7, 11) is 3.16.